The van der Waals surface area contributed by atoms with Gasteiger partial charge in [0.15, 0.2) is 0 Å². The van der Waals surface area contributed by atoms with Crippen LogP contribution in [-0.4, -0.2) is 36.2 Å². The Balaban J connectivity index is 1.67. The number of hydrogen-bond acceptors (Lipinski definition) is 5. The highest BCUT2D eigenvalue weighted by Gasteiger charge is 2.23. The normalized spacial score (nSPS) is 15.2. The summed E-state index contributed by atoms with van der Waals surface area (Å²) in [5.41, 5.74) is 8.23. The Kier molecular flexibility index (Phi) is 5.99. The summed E-state index contributed by atoms with van der Waals surface area (Å²) in [6, 6.07) is 9.17. The van der Waals surface area contributed by atoms with Gasteiger partial charge in [-0.15, -0.1) is 0 Å². The van der Waals surface area contributed by atoms with Gasteiger partial charge in [-0.2, -0.15) is 0 Å². The molecule has 22 heavy (non-hydrogen) atoms. The van der Waals surface area contributed by atoms with Crippen LogP contribution in [0.4, 0.5) is 9.59 Å². The molecule has 2 rings (SSSR count). The third-order valence-corrected chi connectivity index (χ3v) is 3.48. The molecule has 1 saturated heterocycles. The molecule has 0 atom stereocenters. The molecule has 8 heteroatoms. The molecule has 1 aliphatic rings. The number of nitrogens with one attached hydrogen (secondary N) is 3. The Labute approximate surface area is 128 Å². The van der Waals surface area contributed by atoms with Crippen LogP contribution in [0.1, 0.15) is 18.4 Å². The van der Waals surface area contributed by atoms with Crippen molar-refractivity contribution in [3.63, 3.8) is 0 Å². The number of urea groups is 1. The molecule has 0 unspecified atom stereocenters. The first-order valence-electron chi connectivity index (χ1n) is 7.17. The molecule has 1 aromatic carbocycles. The monoisotopic (exact) mass is 307 g/mol. The first-order chi connectivity index (χ1) is 10.7. The molecule has 1 heterocycles. The average Bonchev–Trinajstić information content (AvgIpc) is 2.59. The van der Waals surface area contributed by atoms with E-state index in [2.05, 4.69) is 10.9 Å². The number of rotatable bonds is 4. The second-order valence-corrected chi connectivity index (χ2v) is 5.04. The van der Waals surface area contributed by atoms with E-state index < -0.39 is 6.03 Å². The Morgan fingerprint density at radius 1 is 1.23 bits per heavy atom. The maximum Gasteiger partial charge on any atom is 0.410 e. The average molecular weight is 307 g/mol. The number of piperidine rings is 1. The number of hydrogen-bond donors (Lipinski definition) is 4. The van der Waals surface area contributed by atoms with Crippen LogP contribution in [-0.2, 0) is 11.3 Å². The van der Waals surface area contributed by atoms with Gasteiger partial charge in [0, 0.05) is 19.1 Å². The summed E-state index contributed by atoms with van der Waals surface area (Å²) in [6.07, 6.45) is 1.14. The first kappa shape index (κ1) is 16.1. The molecule has 1 aromatic rings. The standard InChI is InChI=1S/C14H21N5O3/c15-16-13(20)18-17-12-6-8-19(9-7-12)14(21)22-10-11-4-2-1-3-5-11/h1-5,12,17H,6-10,15H2,(H2,16,18,20). The summed E-state index contributed by atoms with van der Waals surface area (Å²) in [5, 5.41) is 0. The number of nitrogens with zero attached hydrogens (tertiary/aromatic N) is 1. The molecule has 8 nitrogen and oxygen atoms in total. The van der Waals surface area contributed by atoms with E-state index in [1.54, 1.807) is 4.90 Å². The van der Waals surface area contributed by atoms with Gasteiger partial charge >= 0.3 is 12.1 Å². The Morgan fingerprint density at radius 2 is 1.91 bits per heavy atom. The fraction of sp³-hybridized carbons (Fsp3) is 0.429. The summed E-state index contributed by atoms with van der Waals surface area (Å²) >= 11 is 0. The quantitative estimate of drug-likeness (QED) is 0.367. The first-order valence-corrected chi connectivity index (χ1v) is 7.17. The van der Waals surface area contributed by atoms with Crippen molar-refractivity contribution in [3.8, 4) is 0 Å². The predicted molar refractivity (Wildman–Crippen MR) is 80.2 cm³/mol. The van der Waals surface area contributed by atoms with E-state index in [1.165, 1.54) is 0 Å². The number of benzene rings is 1. The fourth-order valence-electron chi connectivity index (χ4n) is 2.22. The second-order valence-electron chi connectivity index (χ2n) is 5.04. The van der Waals surface area contributed by atoms with Crippen LogP contribution in [0.15, 0.2) is 30.3 Å². The smallest absolute Gasteiger partial charge is 0.410 e. The van der Waals surface area contributed by atoms with Gasteiger partial charge in [-0.25, -0.2) is 20.9 Å². The molecule has 3 amide bonds. The maximum atomic E-state index is 12.0. The summed E-state index contributed by atoms with van der Waals surface area (Å²) in [7, 11) is 0. The van der Waals surface area contributed by atoms with Crippen LogP contribution in [0, 0.1) is 0 Å². The van der Waals surface area contributed by atoms with E-state index in [0.717, 1.165) is 18.4 Å². The lowest BCUT2D eigenvalue weighted by molar-refractivity contribution is 0.0845. The third kappa shape index (κ3) is 4.90. The molecule has 0 spiro atoms. The van der Waals surface area contributed by atoms with E-state index in [4.69, 9.17) is 10.6 Å². The molecule has 120 valence electrons. The van der Waals surface area contributed by atoms with Crippen molar-refractivity contribution >= 4 is 12.1 Å². The lowest BCUT2D eigenvalue weighted by Gasteiger charge is -2.31. The fourth-order valence-corrected chi connectivity index (χ4v) is 2.22. The van der Waals surface area contributed by atoms with Gasteiger partial charge in [0.1, 0.15) is 6.61 Å². The van der Waals surface area contributed by atoms with Crippen LogP contribution < -0.4 is 22.1 Å². The number of ether oxygens (including phenoxy) is 1. The molecule has 0 saturated carbocycles. The van der Waals surface area contributed by atoms with Crippen molar-refractivity contribution < 1.29 is 14.3 Å². The summed E-state index contributed by atoms with van der Waals surface area (Å²) in [4.78, 5) is 24.6. The minimum Gasteiger partial charge on any atom is -0.445 e. The van der Waals surface area contributed by atoms with Crippen molar-refractivity contribution in [2.45, 2.75) is 25.5 Å². The highest BCUT2D eigenvalue weighted by atomic mass is 16.6. The van der Waals surface area contributed by atoms with E-state index in [0.29, 0.717) is 13.1 Å². The van der Waals surface area contributed by atoms with E-state index in [1.807, 2.05) is 35.8 Å². The molecule has 0 bridgehead atoms. The SMILES string of the molecule is NNC(=O)NNC1CCN(C(=O)OCc2ccccc2)CC1. The number of amides is 3. The number of likely N-dealkylation sites (tertiary alicyclic amines) is 1. The number of nitrogens with two attached hydrogens (primary N) is 1. The minimum atomic E-state index is -0.496. The predicted octanol–water partition coefficient (Wildman–Crippen LogP) is 0.465. The van der Waals surface area contributed by atoms with E-state index >= 15 is 0 Å². The lowest BCUT2D eigenvalue weighted by atomic mass is 10.1. The van der Waals surface area contributed by atoms with Gasteiger partial charge in [0.05, 0.1) is 0 Å². The van der Waals surface area contributed by atoms with Crippen molar-refractivity contribution in [2.24, 2.45) is 5.84 Å². The van der Waals surface area contributed by atoms with Crippen LogP contribution in [0.2, 0.25) is 0 Å². The second kappa shape index (κ2) is 8.20. The van der Waals surface area contributed by atoms with Gasteiger partial charge in [-0.1, -0.05) is 30.3 Å². The molecule has 1 aliphatic heterocycles. The van der Waals surface area contributed by atoms with Crippen LogP contribution >= 0.6 is 0 Å². The van der Waals surface area contributed by atoms with Gasteiger partial charge in [-0.3, -0.25) is 10.9 Å². The Bertz CT molecular complexity index is 489. The molecule has 0 aliphatic carbocycles. The molecular formula is C14H21N5O3. The van der Waals surface area contributed by atoms with Gasteiger partial charge in [-0.05, 0) is 18.4 Å². The Hall–Kier alpha value is -2.32. The van der Waals surface area contributed by atoms with Gasteiger partial charge in [0.25, 0.3) is 0 Å². The molecule has 0 aromatic heterocycles. The zero-order valence-electron chi connectivity index (χ0n) is 12.2. The number of carbonyl (C=O) groups excluding carboxylic acids is 2. The largest absolute Gasteiger partial charge is 0.445 e. The maximum absolute atomic E-state index is 12.0. The lowest BCUT2D eigenvalue weighted by Crippen LogP contribution is -2.53. The summed E-state index contributed by atoms with van der Waals surface area (Å²) in [5.74, 6) is 4.96. The van der Waals surface area contributed by atoms with Gasteiger partial charge < -0.3 is 9.64 Å². The van der Waals surface area contributed by atoms with E-state index in [-0.39, 0.29) is 18.7 Å². The molecule has 1 fully saturated rings. The highest BCUT2D eigenvalue weighted by Crippen LogP contribution is 2.12. The summed E-state index contributed by atoms with van der Waals surface area (Å²) < 4.78 is 5.29. The zero-order valence-corrected chi connectivity index (χ0v) is 12.2. The highest BCUT2D eigenvalue weighted by molar-refractivity contribution is 5.72. The third-order valence-electron chi connectivity index (χ3n) is 3.48. The van der Waals surface area contributed by atoms with Gasteiger partial charge in [0.2, 0.25) is 0 Å². The van der Waals surface area contributed by atoms with Crippen LogP contribution in [0.3, 0.4) is 0 Å². The van der Waals surface area contributed by atoms with Crippen molar-refractivity contribution in [3.05, 3.63) is 35.9 Å². The van der Waals surface area contributed by atoms with Crippen LogP contribution in [0.25, 0.3) is 0 Å². The van der Waals surface area contributed by atoms with Crippen molar-refractivity contribution in [2.75, 3.05) is 13.1 Å². The van der Waals surface area contributed by atoms with Crippen molar-refractivity contribution in [1.82, 2.24) is 21.2 Å². The minimum absolute atomic E-state index is 0.107. The molecule has 5 N–H and O–H groups in total. The molecule has 0 radical (unpaired) electrons. The Morgan fingerprint density at radius 3 is 2.55 bits per heavy atom. The van der Waals surface area contributed by atoms with Crippen molar-refractivity contribution in [1.29, 1.82) is 0 Å². The van der Waals surface area contributed by atoms with Crippen LogP contribution in [0.5, 0.6) is 0 Å². The number of carbonyl (C=O) groups is 2. The van der Waals surface area contributed by atoms with E-state index in [9.17, 15) is 9.59 Å². The molecular weight excluding hydrogens is 286 g/mol. The number of hydrazine groups is 2. The topological polar surface area (TPSA) is 109 Å². The summed E-state index contributed by atoms with van der Waals surface area (Å²) in [6.45, 7) is 1.44. The zero-order chi connectivity index (χ0) is 15.8.